The summed E-state index contributed by atoms with van der Waals surface area (Å²) in [4.78, 5) is 29.9. The van der Waals surface area contributed by atoms with Crippen LogP contribution in [-0.2, 0) is 38.0 Å². The summed E-state index contributed by atoms with van der Waals surface area (Å²) in [6.45, 7) is 16.6. The van der Waals surface area contributed by atoms with Gasteiger partial charge in [0.05, 0.1) is 47.6 Å². The number of hydrogen-bond donors (Lipinski definition) is 5. The van der Waals surface area contributed by atoms with Gasteiger partial charge in [0.25, 0.3) is 0 Å². The molecular formula is C38H69NO13. The van der Waals surface area contributed by atoms with Crippen LogP contribution in [0.5, 0.6) is 0 Å². The van der Waals surface area contributed by atoms with Crippen LogP contribution in [0.25, 0.3) is 0 Å². The molecule has 52 heavy (non-hydrogen) atoms. The Morgan fingerprint density at radius 1 is 0.885 bits per heavy atom. The van der Waals surface area contributed by atoms with Crippen molar-refractivity contribution in [1.82, 2.24) is 4.90 Å². The monoisotopic (exact) mass is 747 g/mol. The van der Waals surface area contributed by atoms with Gasteiger partial charge in [-0.1, -0.05) is 34.1 Å². The van der Waals surface area contributed by atoms with E-state index in [1.807, 2.05) is 32.8 Å². The SMILES string of the molecule is CCC[C@H]1OC(=O)[C@H](C)[C@@H](O[C@@H]2C[C@@](C)(OC)[C@@H](O)[C@H](C)O2)[C@H](C)[C@@H](O[C@@H]2O[C@H](C)C[C@H](N(C)C)[C@H]2O)[C@](C)(O)C[C@@H](C)C(=O)[C@H](C)[C@@H](O)[C@]1(C)O. The average molecular weight is 748 g/mol. The molecule has 0 unspecified atom stereocenters. The van der Waals surface area contributed by atoms with Gasteiger partial charge in [0.1, 0.15) is 29.7 Å². The molecule has 14 heteroatoms. The van der Waals surface area contributed by atoms with E-state index in [1.54, 1.807) is 34.6 Å². The molecule has 0 amide bonds. The number of ketones is 1. The van der Waals surface area contributed by atoms with E-state index in [4.69, 9.17) is 28.4 Å². The topological polar surface area (TPSA) is 194 Å². The van der Waals surface area contributed by atoms with E-state index in [9.17, 15) is 35.1 Å². The summed E-state index contributed by atoms with van der Waals surface area (Å²) in [6, 6.07) is -0.324. The predicted octanol–water partition coefficient (Wildman–Crippen LogP) is 2.18. The van der Waals surface area contributed by atoms with Crippen LogP contribution >= 0.6 is 0 Å². The lowest BCUT2D eigenvalue weighted by Crippen LogP contribution is -2.61. The number of likely N-dealkylation sites (N-methyl/N-ethyl adjacent to an activating group) is 1. The number of rotatable bonds is 8. The summed E-state index contributed by atoms with van der Waals surface area (Å²) in [5.41, 5.74) is -4.84. The molecule has 0 bridgehead atoms. The van der Waals surface area contributed by atoms with Gasteiger partial charge in [-0.05, 0) is 74.9 Å². The van der Waals surface area contributed by atoms with Gasteiger partial charge in [-0.15, -0.1) is 0 Å². The van der Waals surface area contributed by atoms with Gasteiger partial charge in [0, 0.05) is 37.3 Å². The average Bonchev–Trinajstić information content (AvgIpc) is 3.06. The van der Waals surface area contributed by atoms with E-state index >= 15 is 0 Å². The van der Waals surface area contributed by atoms with Crippen molar-refractivity contribution in [3.8, 4) is 0 Å². The number of Topliss-reactive ketones (excluding diaryl/α,β-unsaturated/α-hetero) is 1. The van der Waals surface area contributed by atoms with Crippen LogP contribution in [-0.4, -0.2) is 148 Å². The zero-order valence-corrected chi connectivity index (χ0v) is 33.6. The van der Waals surface area contributed by atoms with Crippen molar-refractivity contribution < 1.29 is 63.5 Å². The molecule has 0 saturated carbocycles. The van der Waals surface area contributed by atoms with Crippen molar-refractivity contribution in [3.63, 3.8) is 0 Å². The molecule has 5 N–H and O–H groups in total. The largest absolute Gasteiger partial charge is 0.459 e. The lowest BCUT2D eigenvalue weighted by Gasteiger charge is -2.49. The zero-order chi connectivity index (χ0) is 39.7. The highest BCUT2D eigenvalue weighted by molar-refractivity contribution is 5.83. The standard InChI is InChI=1S/C38H69NO13/c1-14-15-26-38(10,46)31(42)21(4)28(40)19(2)17-36(8,45)33(52-35-29(41)25(39(11)12)16-20(3)48-35)22(5)30(23(6)34(44)50-26)51-27-18-37(9,47-13)32(43)24(7)49-27/h19-27,29-33,35,41-43,45-46H,14-18H2,1-13H3/t19-,20-,21+,22+,23-,24+,25+,26-,27-,29-,30+,31-,32+,33-,35+,36-,37-,38-/m1/s1. The Bertz CT molecular complexity index is 1180. The normalized spacial score (nSPS) is 49.0. The fraction of sp³-hybridized carbons (Fsp3) is 0.947. The third-order valence-electron chi connectivity index (χ3n) is 12.0. The molecule has 0 radical (unpaired) electrons. The number of aliphatic hydroxyl groups is 5. The minimum atomic E-state index is -1.99. The molecule has 0 aromatic carbocycles. The predicted molar refractivity (Wildman–Crippen MR) is 191 cm³/mol. The summed E-state index contributed by atoms with van der Waals surface area (Å²) in [6.07, 6.45) is -9.12. The summed E-state index contributed by atoms with van der Waals surface area (Å²) in [5, 5.41) is 57.9. The second kappa shape index (κ2) is 17.7. The maximum atomic E-state index is 14.2. The van der Waals surface area contributed by atoms with Crippen molar-refractivity contribution in [2.45, 2.75) is 186 Å². The first-order valence-corrected chi connectivity index (χ1v) is 19.0. The van der Waals surface area contributed by atoms with Crippen LogP contribution in [0.15, 0.2) is 0 Å². The van der Waals surface area contributed by atoms with E-state index in [2.05, 4.69) is 0 Å². The molecule has 3 saturated heterocycles. The van der Waals surface area contributed by atoms with Crippen LogP contribution in [0.2, 0.25) is 0 Å². The molecule has 0 aromatic heterocycles. The Balaban J connectivity index is 2.20. The number of nitrogens with zero attached hydrogens (tertiary/aromatic N) is 1. The maximum Gasteiger partial charge on any atom is 0.311 e. The maximum absolute atomic E-state index is 14.2. The number of esters is 1. The number of ether oxygens (including phenoxy) is 6. The molecule has 3 aliphatic rings. The lowest BCUT2D eigenvalue weighted by molar-refractivity contribution is -0.318. The minimum Gasteiger partial charge on any atom is -0.459 e. The number of carbonyl (C=O) groups excluding carboxylic acids is 2. The molecule has 0 aromatic rings. The molecule has 3 rings (SSSR count). The van der Waals surface area contributed by atoms with Gasteiger partial charge in [-0.2, -0.15) is 0 Å². The fourth-order valence-electron chi connectivity index (χ4n) is 8.53. The van der Waals surface area contributed by atoms with Gasteiger partial charge in [-0.3, -0.25) is 9.59 Å². The molecule has 0 aliphatic carbocycles. The quantitative estimate of drug-likeness (QED) is 0.227. The third-order valence-corrected chi connectivity index (χ3v) is 12.0. The van der Waals surface area contributed by atoms with Gasteiger partial charge in [0.2, 0.25) is 0 Å². The molecule has 14 nitrogen and oxygen atoms in total. The highest BCUT2D eigenvalue weighted by Crippen LogP contribution is 2.41. The second-order valence-corrected chi connectivity index (χ2v) is 16.9. The Kier molecular flexibility index (Phi) is 15.3. The van der Waals surface area contributed by atoms with Gasteiger partial charge >= 0.3 is 5.97 Å². The second-order valence-electron chi connectivity index (χ2n) is 16.9. The molecule has 0 spiro atoms. The highest BCUT2D eigenvalue weighted by atomic mass is 16.7. The summed E-state index contributed by atoms with van der Waals surface area (Å²) >= 11 is 0. The lowest BCUT2D eigenvalue weighted by atomic mass is 9.74. The van der Waals surface area contributed by atoms with Gasteiger partial charge in [0.15, 0.2) is 12.6 Å². The van der Waals surface area contributed by atoms with E-state index in [1.165, 1.54) is 27.9 Å². The number of cyclic esters (lactones) is 1. The Morgan fingerprint density at radius 2 is 1.50 bits per heavy atom. The third kappa shape index (κ3) is 9.73. The number of carbonyl (C=O) groups is 2. The molecule has 3 heterocycles. The smallest absolute Gasteiger partial charge is 0.311 e. The van der Waals surface area contributed by atoms with Crippen molar-refractivity contribution in [1.29, 1.82) is 0 Å². The van der Waals surface area contributed by atoms with Gasteiger partial charge < -0.3 is 58.9 Å². The molecular weight excluding hydrogens is 678 g/mol. The molecule has 304 valence electrons. The van der Waals surface area contributed by atoms with Crippen LogP contribution in [0.4, 0.5) is 0 Å². The molecule has 3 fully saturated rings. The van der Waals surface area contributed by atoms with Crippen molar-refractivity contribution in [2.75, 3.05) is 21.2 Å². The van der Waals surface area contributed by atoms with Crippen LogP contribution in [0.3, 0.4) is 0 Å². The van der Waals surface area contributed by atoms with E-state index in [0.29, 0.717) is 12.8 Å². The van der Waals surface area contributed by atoms with Crippen LogP contribution in [0.1, 0.15) is 101 Å². The van der Waals surface area contributed by atoms with Crippen molar-refractivity contribution in [2.24, 2.45) is 23.7 Å². The van der Waals surface area contributed by atoms with Crippen molar-refractivity contribution >= 4 is 11.8 Å². The van der Waals surface area contributed by atoms with Crippen LogP contribution < -0.4 is 0 Å². The summed E-state index contributed by atoms with van der Waals surface area (Å²) < 4.78 is 37.2. The van der Waals surface area contributed by atoms with E-state index in [0.717, 1.165) is 0 Å². The number of hydrogen-bond acceptors (Lipinski definition) is 14. The Labute approximate surface area is 310 Å². The summed E-state index contributed by atoms with van der Waals surface area (Å²) in [7, 11) is 5.18. The first-order chi connectivity index (χ1) is 23.9. The Hall–Kier alpha value is -1.30. The van der Waals surface area contributed by atoms with Gasteiger partial charge in [-0.25, -0.2) is 0 Å². The minimum absolute atomic E-state index is 0.0944. The Morgan fingerprint density at radius 3 is 2.06 bits per heavy atom. The highest BCUT2D eigenvalue weighted by Gasteiger charge is 2.53. The first kappa shape index (κ1) is 45.1. The summed E-state index contributed by atoms with van der Waals surface area (Å²) in [5.74, 6) is -4.96. The number of methoxy groups -OCH3 is 1. The van der Waals surface area contributed by atoms with Crippen LogP contribution in [0, 0.1) is 23.7 Å². The number of aliphatic hydroxyl groups excluding tert-OH is 3. The van der Waals surface area contributed by atoms with E-state index in [-0.39, 0.29) is 31.4 Å². The molecule has 3 aliphatic heterocycles. The fourth-order valence-corrected chi connectivity index (χ4v) is 8.53. The van der Waals surface area contributed by atoms with Crippen molar-refractivity contribution in [3.05, 3.63) is 0 Å². The first-order valence-electron chi connectivity index (χ1n) is 19.0. The zero-order valence-electron chi connectivity index (χ0n) is 33.6. The molecule has 18 atom stereocenters. The van der Waals surface area contributed by atoms with E-state index < -0.39 is 108 Å².